The van der Waals surface area contributed by atoms with Crippen molar-refractivity contribution >= 4 is 6.09 Å². The van der Waals surface area contributed by atoms with E-state index in [1.54, 1.807) is 12.1 Å². The molecule has 0 spiro atoms. The van der Waals surface area contributed by atoms with Crippen molar-refractivity contribution in [3.05, 3.63) is 70.1 Å². The Kier molecular flexibility index (Phi) is 4.26. The first-order chi connectivity index (χ1) is 9.88. The lowest BCUT2D eigenvalue weighted by Crippen LogP contribution is -2.26. The monoisotopic (exact) mass is 285 g/mol. The molecule has 4 nitrogen and oxygen atoms in total. The summed E-state index contributed by atoms with van der Waals surface area (Å²) >= 11 is 0. The Bertz CT molecular complexity index is 678. The number of ether oxygens (including phenoxy) is 1. The van der Waals surface area contributed by atoms with Crippen LogP contribution in [0.5, 0.6) is 0 Å². The van der Waals surface area contributed by atoms with Crippen LogP contribution in [-0.4, -0.2) is 10.7 Å². The van der Waals surface area contributed by atoms with Gasteiger partial charge >= 0.3 is 6.09 Å². The Morgan fingerprint density at radius 2 is 1.76 bits per heavy atom. The van der Waals surface area contributed by atoms with Crippen molar-refractivity contribution in [3.63, 3.8) is 0 Å². The third-order valence-electron chi connectivity index (χ3n) is 3.20. The number of nitrogens with zero attached hydrogens (tertiary/aromatic N) is 1. The summed E-state index contributed by atoms with van der Waals surface area (Å²) in [6.07, 6.45) is 0.730. The second kappa shape index (κ2) is 5.95. The molecule has 0 saturated carbocycles. The summed E-state index contributed by atoms with van der Waals surface area (Å²) in [6.45, 7) is 6.57. The molecule has 0 fully saturated rings. The van der Waals surface area contributed by atoms with E-state index >= 15 is 0 Å². The van der Waals surface area contributed by atoms with Gasteiger partial charge in [0.2, 0.25) is 0 Å². The standard InChI is InChI=1S/C17H19NO3/c1-17(2,3)14-9-7-13(8-10-14)12-21-16(20)18-11-5-4-6-15(18)19/h4-11H,12H2,1-3H3. The number of benzene rings is 1. The molecule has 0 saturated heterocycles. The van der Waals surface area contributed by atoms with Crippen LogP contribution in [0.25, 0.3) is 0 Å². The topological polar surface area (TPSA) is 48.3 Å². The summed E-state index contributed by atoms with van der Waals surface area (Å²) in [5.74, 6) is 0. The quantitative estimate of drug-likeness (QED) is 0.850. The summed E-state index contributed by atoms with van der Waals surface area (Å²) in [5.41, 5.74) is 1.80. The number of pyridine rings is 1. The molecule has 0 N–H and O–H groups in total. The van der Waals surface area contributed by atoms with Gasteiger partial charge in [-0.05, 0) is 22.6 Å². The first-order valence-electron chi connectivity index (χ1n) is 6.82. The van der Waals surface area contributed by atoms with E-state index in [-0.39, 0.29) is 12.0 Å². The van der Waals surface area contributed by atoms with Gasteiger partial charge in [0.15, 0.2) is 0 Å². The highest BCUT2D eigenvalue weighted by Crippen LogP contribution is 2.22. The molecule has 2 aromatic rings. The molecule has 0 unspecified atom stereocenters. The van der Waals surface area contributed by atoms with Gasteiger partial charge in [0.1, 0.15) is 6.61 Å². The summed E-state index contributed by atoms with van der Waals surface area (Å²) in [7, 11) is 0. The molecule has 0 aliphatic rings. The van der Waals surface area contributed by atoms with Gasteiger partial charge in [-0.15, -0.1) is 0 Å². The van der Waals surface area contributed by atoms with Crippen LogP contribution in [0.4, 0.5) is 4.79 Å². The van der Waals surface area contributed by atoms with Gasteiger partial charge < -0.3 is 4.74 Å². The van der Waals surface area contributed by atoms with E-state index in [0.717, 1.165) is 10.1 Å². The van der Waals surface area contributed by atoms with Gasteiger partial charge in [0.25, 0.3) is 5.56 Å². The fourth-order valence-electron chi connectivity index (χ4n) is 1.89. The Hall–Kier alpha value is -2.36. The molecule has 0 bridgehead atoms. The summed E-state index contributed by atoms with van der Waals surface area (Å²) in [5, 5.41) is 0. The van der Waals surface area contributed by atoms with Gasteiger partial charge in [-0.1, -0.05) is 51.1 Å². The fourth-order valence-corrected chi connectivity index (χ4v) is 1.89. The molecule has 0 aliphatic carbocycles. The second-order valence-electron chi connectivity index (χ2n) is 5.91. The molecule has 21 heavy (non-hydrogen) atoms. The molecule has 0 atom stereocenters. The third kappa shape index (κ3) is 3.81. The van der Waals surface area contributed by atoms with E-state index in [2.05, 4.69) is 20.8 Å². The van der Waals surface area contributed by atoms with Crippen LogP contribution in [0.2, 0.25) is 0 Å². The number of hydrogen-bond donors (Lipinski definition) is 0. The zero-order valence-electron chi connectivity index (χ0n) is 12.5. The lowest BCUT2D eigenvalue weighted by atomic mass is 9.87. The van der Waals surface area contributed by atoms with Crippen LogP contribution in [0.15, 0.2) is 53.5 Å². The van der Waals surface area contributed by atoms with E-state index in [9.17, 15) is 9.59 Å². The zero-order valence-corrected chi connectivity index (χ0v) is 12.5. The van der Waals surface area contributed by atoms with Crippen LogP contribution in [0.1, 0.15) is 31.9 Å². The van der Waals surface area contributed by atoms with E-state index in [1.807, 2.05) is 24.3 Å². The number of rotatable bonds is 2. The molecule has 0 radical (unpaired) electrons. The summed E-state index contributed by atoms with van der Waals surface area (Å²) in [4.78, 5) is 23.3. The molecule has 4 heteroatoms. The molecule has 0 amide bonds. The summed E-state index contributed by atoms with van der Waals surface area (Å²) in [6, 6.07) is 12.4. The minimum Gasteiger partial charge on any atom is -0.444 e. The Labute approximate surface area is 124 Å². The van der Waals surface area contributed by atoms with Crippen LogP contribution in [-0.2, 0) is 16.8 Å². The van der Waals surface area contributed by atoms with Gasteiger partial charge in [0.05, 0.1) is 0 Å². The van der Waals surface area contributed by atoms with Gasteiger partial charge in [-0.25, -0.2) is 9.36 Å². The summed E-state index contributed by atoms with van der Waals surface area (Å²) < 4.78 is 6.09. The fraction of sp³-hybridized carbons (Fsp3) is 0.294. The molecule has 0 aliphatic heterocycles. The molecule has 1 heterocycles. The van der Waals surface area contributed by atoms with Gasteiger partial charge in [0, 0.05) is 12.3 Å². The van der Waals surface area contributed by atoms with Crippen molar-refractivity contribution < 1.29 is 9.53 Å². The Morgan fingerprint density at radius 1 is 1.10 bits per heavy atom. The number of aromatic nitrogens is 1. The SMILES string of the molecule is CC(C)(C)c1ccc(COC(=O)n2ccccc2=O)cc1. The highest BCUT2D eigenvalue weighted by molar-refractivity contribution is 5.70. The third-order valence-corrected chi connectivity index (χ3v) is 3.20. The maximum Gasteiger partial charge on any atom is 0.421 e. The second-order valence-corrected chi connectivity index (χ2v) is 5.91. The van der Waals surface area contributed by atoms with Gasteiger partial charge in [-0.2, -0.15) is 0 Å². The van der Waals surface area contributed by atoms with Crippen molar-refractivity contribution in [1.82, 2.24) is 4.57 Å². The minimum atomic E-state index is -0.666. The smallest absolute Gasteiger partial charge is 0.421 e. The molecule has 2 rings (SSSR count). The average Bonchev–Trinajstić information content (AvgIpc) is 2.45. The van der Waals surface area contributed by atoms with Crippen molar-refractivity contribution in [1.29, 1.82) is 0 Å². The highest BCUT2D eigenvalue weighted by Gasteiger charge is 2.13. The van der Waals surface area contributed by atoms with Crippen molar-refractivity contribution in [2.45, 2.75) is 32.8 Å². The minimum absolute atomic E-state index is 0.0898. The normalized spacial score (nSPS) is 11.2. The number of hydrogen-bond acceptors (Lipinski definition) is 3. The first-order valence-corrected chi connectivity index (χ1v) is 6.82. The van der Waals surface area contributed by atoms with Crippen molar-refractivity contribution in [3.8, 4) is 0 Å². The van der Waals surface area contributed by atoms with E-state index in [0.29, 0.717) is 0 Å². The predicted molar refractivity (Wildman–Crippen MR) is 81.4 cm³/mol. The maximum atomic E-state index is 11.8. The molecule has 1 aromatic carbocycles. The van der Waals surface area contributed by atoms with Crippen LogP contribution >= 0.6 is 0 Å². The lowest BCUT2D eigenvalue weighted by Gasteiger charge is -2.19. The molecular formula is C17H19NO3. The van der Waals surface area contributed by atoms with Crippen molar-refractivity contribution in [2.75, 3.05) is 0 Å². The first kappa shape index (κ1) is 15.0. The maximum absolute atomic E-state index is 11.8. The van der Waals surface area contributed by atoms with Crippen LogP contribution < -0.4 is 5.56 Å². The van der Waals surface area contributed by atoms with Crippen LogP contribution in [0, 0.1) is 0 Å². The number of carbonyl (C=O) groups is 1. The zero-order chi connectivity index (χ0) is 15.5. The lowest BCUT2D eigenvalue weighted by molar-refractivity contribution is 0.140. The largest absolute Gasteiger partial charge is 0.444 e. The number of carbonyl (C=O) groups excluding carboxylic acids is 1. The van der Waals surface area contributed by atoms with Gasteiger partial charge in [-0.3, -0.25) is 4.79 Å². The Morgan fingerprint density at radius 3 is 2.33 bits per heavy atom. The Balaban J connectivity index is 2.02. The predicted octanol–water partition coefficient (Wildman–Crippen LogP) is 3.33. The van der Waals surface area contributed by atoms with E-state index in [1.165, 1.54) is 17.8 Å². The highest BCUT2D eigenvalue weighted by atomic mass is 16.5. The van der Waals surface area contributed by atoms with Crippen LogP contribution in [0.3, 0.4) is 0 Å². The molecule has 1 aromatic heterocycles. The van der Waals surface area contributed by atoms with Crippen molar-refractivity contribution in [2.24, 2.45) is 0 Å². The van der Waals surface area contributed by atoms with E-state index < -0.39 is 11.7 Å². The molecule has 110 valence electrons. The molecular weight excluding hydrogens is 266 g/mol. The van der Waals surface area contributed by atoms with E-state index in [4.69, 9.17) is 4.74 Å². The average molecular weight is 285 g/mol.